The molecule has 0 aliphatic heterocycles. The number of halogens is 1. The van der Waals surface area contributed by atoms with E-state index in [0.29, 0.717) is 11.4 Å². The highest BCUT2D eigenvalue weighted by atomic mass is 35.5. The zero-order valence-corrected chi connectivity index (χ0v) is 7.19. The largest absolute Gasteiger partial charge is 0.452 e. The van der Waals surface area contributed by atoms with Gasteiger partial charge in [0.25, 0.3) is 0 Å². The summed E-state index contributed by atoms with van der Waals surface area (Å²) in [4.78, 5) is 0. The van der Waals surface area contributed by atoms with Crippen molar-refractivity contribution in [2.24, 2.45) is 0 Å². The molecule has 2 aromatic rings. The maximum absolute atomic E-state index is 5.71. The Morgan fingerprint density at radius 2 is 2.23 bits per heavy atom. The summed E-state index contributed by atoms with van der Waals surface area (Å²) in [6.45, 7) is 0. The van der Waals surface area contributed by atoms with Crippen LogP contribution >= 0.6 is 11.6 Å². The van der Waals surface area contributed by atoms with E-state index in [2.05, 4.69) is 10.2 Å². The predicted octanol–water partition coefficient (Wildman–Crippen LogP) is 0.488. The summed E-state index contributed by atoms with van der Waals surface area (Å²) in [6, 6.07) is 1.63. The van der Waals surface area contributed by atoms with Crippen LogP contribution in [0.25, 0.3) is 11.4 Å². The minimum atomic E-state index is 0.118. The van der Waals surface area contributed by atoms with Crippen LogP contribution in [0.3, 0.4) is 0 Å². The van der Waals surface area contributed by atoms with Gasteiger partial charge in [0.2, 0.25) is 11.2 Å². The third-order valence-corrected chi connectivity index (χ3v) is 1.87. The molecule has 13 heavy (non-hydrogen) atoms. The summed E-state index contributed by atoms with van der Waals surface area (Å²) in [5.41, 5.74) is 5.95. The lowest BCUT2D eigenvalue weighted by atomic mass is 10.3. The van der Waals surface area contributed by atoms with Gasteiger partial charge in [-0.05, 0) is 17.7 Å². The molecule has 0 unspecified atom stereocenters. The third kappa shape index (κ3) is 1.11. The quantitative estimate of drug-likeness (QED) is 0.652. The average molecular weight is 200 g/mol. The molecule has 0 saturated carbocycles. The van der Waals surface area contributed by atoms with Crippen molar-refractivity contribution in [3.63, 3.8) is 0 Å². The number of nitrogens with zero attached hydrogens (tertiary/aromatic N) is 3. The Labute approximate surface area is 78.1 Å². The Kier molecular flexibility index (Phi) is 1.63. The molecule has 0 aliphatic rings. The minimum Gasteiger partial charge on any atom is -0.452 e. The van der Waals surface area contributed by atoms with Crippen LogP contribution in [0.15, 0.2) is 16.7 Å². The first-order chi connectivity index (χ1) is 6.20. The molecule has 4 N–H and O–H groups in total. The van der Waals surface area contributed by atoms with Crippen LogP contribution in [0.2, 0.25) is 5.22 Å². The Morgan fingerprint density at radius 3 is 2.69 bits per heavy atom. The number of nitrogens with two attached hydrogens (primary N) is 2. The molecule has 7 heteroatoms. The Balaban J connectivity index is 2.59. The summed E-state index contributed by atoms with van der Waals surface area (Å²) >= 11 is 5.71. The smallest absolute Gasteiger partial charge is 0.241 e. The number of rotatable bonds is 1. The fraction of sp³-hybridized carbons (Fsp3) is 0. The number of hydrogen-bond donors (Lipinski definition) is 2. The lowest BCUT2D eigenvalue weighted by Crippen LogP contribution is -2.13. The lowest BCUT2D eigenvalue weighted by Gasteiger charge is -1.97. The van der Waals surface area contributed by atoms with Crippen molar-refractivity contribution in [1.29, 1.82) is 0 Å². The van der Waals surface area contributed by atoms with Crippen molar-refractivity contribution in [2.45, 2.75) is 0 Å². The van der Waals surface area contributed by atoms with Crippen molar-refractivity contribution in [1.82, 2.24) is 14.9 Å². The highest BCUT2D eigenvalue weighted by molar-refractivity contribution is 6.31. The number of furan rings is 1. The first kappa shape index (κ1) is 7.93. The monoisotopic (exact) mass is 199 g/mol. The highest BCUT2D eigenvalue weighted by Crippen LogP contribution is 2.26. The Hall–Kier alpha value is -1.69. The molecule has 0 bridgehead atoms. The fourth-order valence-electron chi connectivity index (χ4n) is 0.940. The predicted molar refractivity (Wildman–Crippen MR) is 47.3 cm³/mol. The van der Waals surface area contributed by atoms with Gasteiger partial charge in [0.05, 0.1) is 11.8 Å². The molecule has 0 aliphatic carbocycles. The Morgan fingerprint density at radius 1 is 1.46 bits per heavy atom. The van der Waals surface area contributed by atoms with Crippen molar-refractivity contribution in [3.05, 3.63) is 17.5 Å². The van der Waals surface area contributed by atoms with E-state index in [4.69, 9.17) is 27.6 Å². The lowest BCUT2D eigenvalue weighted by molar-refractivity contribution is 0.570. The van der Waals surface area contributed by atoms with E-state index in [1.807, 2.05) is 0 Å². The molecule has 0 spiro atoms. The van der Waals surface area contributed by atoms with Crippen molar-refractivity contribution in [3.8, 4) is 11.4 Å². The number of nitrogen functional groups attached to an aromatic ring is 2. The standard InChI is InChI=1S/C6H6ClN5O/c7-4-3(1-2-13-4)5-10-11-6(8)12(5)9/h1-2H,9H2,(H2,8,11). The van der Waals surface area contributed by atoms with Crippen molar-refractivity contribution >= 4 is 17.5 Å². The SMILES string of the molecule is Nc1nnc(-c2ccoc2Cl)n1N. The van der Waals surface area contributed by atoms with Gasteiger partial charge in [-0.15, -0.1) is 10.2 Å². The number of aromatic nitrogens is 3. The molecule has 68 valence electrons. The normalized spacial score (nSPS) is 10.5. The van der Waals surface area contributed by atoms with Gasteiger partial charge < -0.3 is 16.0 Å². The van der Waals surface area contributed by atoms with Crippen molar-refractivity contribution in [2.75, 3.05) is 11.6 Å². The van der Waals surface area contributed by atoms with Gasteiger partial charge >= 0.3 is 0 Å². The fourth-order valence-corrected chi connectivity index (χ4v) is 1.14. The second-order valence-electron chi connectivity index (χ2n) is 2.36. The van der Waals surface area contributed by atoms with E-state index in [1.165, 1.54) is 6.26 Å². The van der Waals surface area contributed by atoms with E-state index >= 15 is 0 Å². The van der Waals surface area contributed by atoms with Crippen molar-refractivity contribution < 1.29 is 4.42 Å². The summed E-state index contributed by atoms with van der Waals surface area (Å²) in [5.74, 6) is 6.02. The van der Waals surface area contributed by atoms with Crippen LogP contribution in [-0.2, 0) is 0 Å². The molecule has 0 radical (unpaired) electrons. The van der Waals surface area contributed by atoms with E-state index in [1.54, 1.807) is 6.07 Å². The van der Waals surface area contributed by atoms with Gasteiger partial charge in [-0.2, -0.15) is 0 Å². The summed E-state index contributed by atoms with van der Waals surface area (Å²) in [6.07, 6.45) is 1.43. The van der Waals surface area contributed by atoms with E-state index in [9.17, 15) is 0 Å². The van der Waals surface area contributed by atoms with Crippen LogP contribution in [-0.4, -0.2) is 14.9 Å². The maximum Gasteiger partial charge on any atom is 0.241 e. The second kappa shape index (κ2) is 2.67. The molecule has 2 aromatic heterocycles. The third-order valence-electron chi connectivity index (χ3n) is 1.58. The molecule has 0 fully saturated rings. The minimum absolute atomic E-state index is 0.118. The topological polar surface area (TPSA) is 95.9 Å². The van der Waals surface area contributed by atoms with Crippen LogP contribution in [0.5, 0.6) is 0 Å². The summed E-state index contributed by atoms with van der Waals surface area (Å²) in [5, 5.41) is 7.52. The second-order valence-corrected chi connectivity index (χ2v) is 2.70. The molecule has 2 rings (SSSR count). The zero-order chi connectivity index (χ0) is 9.42. The summed E-state index contributed by atoms with van der Waals surface area (Å²) < 4.78 is 6.01. The molecule has 0 aromatic carbocycles. The molecule has 0 atom stereocenters. The first-order valence-electron chi connectivity index (χ1n) is 3.39. The van der Waals surface area contributed by atoms with Gasteiger partial charge in [0.15, 0.2) is 5.82 Å². The molecular formula is C6H6ClN5O. The highest BCUT2D eigenvalue weighted by Gasteiger charge is 2.14. The number of anilines is 1. The van der Waals surface area contributed by atoms with Gasteiger partial charge in [-0.1, -0.05) is 0 Å². The first-order valence-corrected chi connectivity index (χ1v) is 3.77. The van der Waals surface area contributed by atoms with Crippen LogP contribution in [0, 0.1) is 0 Å². The van der Waals surface area contributed by atoms with E-state index in [-0.39, 0.29) is 11.2 Å². The molecule has 0 amide bonds. The average Bonchev–Trinajstić information content (AvgIpc) is 2.62. The Bertz CT molecular complexity index is 434. The number of hydrogen-bond acceptors (Lipinski definition) is 5. The van der Waals surface area contributed by atoms with Gasteiger partial charge in [-0.3, -0.25) is 0 Å². The van der Waals surface area contributed by atoms with Gasteiger partial charge in [0.1, 0.15) is 0 Å². The molecular weight excluding hydrogens is 194 g/mol. The maximum atomic E-state index is 5.71. The van der Waals surface area contributed by atoms with E-state index in [0.717, 1.165) is 4.68 Å². The van der Waals surface area contributed by atoms with Crippen LogP contribution in [0.1, 0.15) is 0 Å². The zero-order valence-electron chi connectivity index (χ0n) is 6.44. The summed E-state index contributed by atoms with van der Waals surface area (Å²) in [7, 11) is 0. The molecule has 0 saturated heterocycles. The van der Waals surface area contributed by atoms with Crippen LogP contribution in [0.4, 0.5) is 5.95 Å². The van der Waals surface area contributed by atoms with E-state index < -0.39 is 0 Å². The molecule has 2 heterocycles. The van der Waals surface area contributed by atoms with Gasteiger partial charge in [-0.25, -0.2) is 4.68 Å². The van der Waals surface area contributed by atoms with Crippen LogP contribution < -0.4 is 11.6 Å². The van der Waals surface area contributed by atoms with Gasteiger partial charge in [0, 0.05) is 0 Å². The molecule has 6 nitrogen and oxygen atoms in total.